The maximum atomic E-state index is 12.7. The van der Waals surface area contributed by atoms with Gasteiger partial charge in [-0.25, -0.2) is 4.79 Å². The first-order valence-corrected chi connectivity index (χ1v) is 8.48. The second-order valence-corrected chi connectivity index (χ2v) is 7.28. The van der Waals surface area contributed by atoms with Crippen molar-refractivity contribution in [2.45, 2.75) is 22.5 Å². The summed E-state index contributed by atoms with van der Waals surface area (Å²) in [5.41, 5.74) is 1.42. The summed E-state index contributed by atoms with van der Waals surface area (Å²) in [6.07, 6.45) is 1.50. The molecule has 0 aliphatic heterocycles. The molecule has 1 aliphatic rings. The summed E-state index contributed by atoms with van der Waals surface area (Å²) in [5, 5.41) is 12.7. The van der Waals surface area contributed by atoms with E-state index < -0.39 is 5.97 Å². The summed E-state index contributed by atoms with van der Waals surface area (Å²) in [6.45, 7) is 0. The molecule has 3 rings (SSSR count). The lowest BCUT2D eigenvalue weighted by Gasteiger charge is -2.27. The van der Waals surface area contributed by atoms with Crippen LogP contribution in [-0.2, 0) is 4.74 Å². The third-order valence-electron chi connectivity index (χ3n) is 3.80. The lowest BCUT2D eigenvalue weighted by atomic mass is 9.99. The van der Waals surface area contributed by atoms with E-state index in [9.17, 15) is 14.9 Å². The zero-order valence-corrected chi connectivity index (χ0v) is 14.8. The van der Waals surface area contributed by atoms with Crippen molar-refractivity contribution >= 4 is 48.9 Å². The SMILES string of the molecule is COC(=O)c1ccc2c(c1)n([O-])c1c([n+]2=O)C(Br)CCC1Br. The summed E-state index contributed by atoms with van der Waals surface area (Å²) in [7, 11) is 1.27. The van der Waals surface area contributed by atoms with Crippen LogP contribution < -0.4 is 4.43 Å². The number of nitrogens with zero attached hydrogens (tertiary/aromatic N) is 2. The Balaban J connectivity index is 2.38. The Labute approximate surface area is 142 Å². The number of benzene rings is 1. The van der Waals surface area contributed by atoms with Crippen molar-refractivity contribution in [2.75, 3.05) is 7.11 Å². The molecule has 1 heterocycles. The van der Waals surface area contributed by atoms with Gasteiger partial charge in [0.1, 0.15) is 16.0 Å². The van der Waals surface area contributed by atoms with Crippen LogP contribution in [0.1, 0.15) is 44.2 Å². The molecule has 0 spiro atoms. The number of rotatable bonds is 1. The number of carbonyl (C=O) groups is 1. The number of carbonyl (C=O) groups excluding carboxylic acids is 1. The van der Waals surface area contributed by atoms with Gasteiger partial charge in [0.25, 0.3) is 11.2 Å². The van der Waals surface area contributed by atoms with Crippen LogP contribution in [0.4, 0.5) is 0 Å². The third-order valence-corrected chi connectivity index (χ3v) is 5.58. The van der Waals surface area contributed by atoms with Crippen LogP contribution in [0.25, 0.3) is 11.0 Å². The van der Waals surface area contributed by atoms with Crippen molar-refractivity contribution in [2.24, 2.45) is 0 Å². The second kappa shape index (κ2) is 5.66. The van der Waals surface area contributed by atoms with Crippen LogP contribution >= 0.6 is 31.9 Å². The summed E-state index contributed by atoms with van der Waals surface area (Å²) in [4.78, 5) is 23.9. The Hall–Kier alpha value is -1.41. The van der Waals surface area contributed by atoms with E-state index in [4.69, 9.17) is 0 Å². The molecular weight excluding hydrogens is 420 g/mol. The van der Waals surface area contributed by atoms with Crippen LogP contribution in [-0.4, -0.2) is 17.8 Å². The van der Waals surface area contributed by atoms with Crippen molar-refractivity contribution in [3.05, 3.63) is 45.3 Å². The Morgan fingerprint density at radius 3 is 2.73 bits per heavy atom. The number of fused-ring (bicyclic) bond motifs is 2. The molecule has 116 valence electrons. The first-order chi connectivity index (χ1) is 10.5. The normalized spacial score (nSPS) is 20.7. The molecule has 22 heavy (non-hydrogen) atoms. The number of hydrogen-bond acceptors (Lipinski definition) is 4. The molecule has 0 radical (unpaired) electrons. The Bertz CT molecular complexity index is 834. The number of ether oxygens (including phenoxy) is 1. The molecule has 1 aromatic carbocycles. The maximum absolute atomic E-state index is 12.7. The highest BCUT2D eigenvalue weighted by Crippen LogP contribution is 2.43. The van der Waals surface area contributed by atoms with Crippen LogP contribution in [0.5, 0.6) is 0 Å². The summed E-state index contributed by atoms with van der Waals surface area (Å²) < 4.78 is 6.16. The van der Waals surface area contributed by atoms with E-state index in [1.165, 1.54) is 25.3 Å². The first kappa shape index (κ1) is 15.5. The van der Waals surface area contributed by atoms with Gasteiger partial charge in [-0.2, -0.15) is 0 Å². The predicted molar refractivity (Wildman–Crippen MR) is 88.0 cm³/mol. The monoisotopic (exact) mass is 430 g/mol. The molecule has 0 saturated heterocycles. The van der Waals surface area contributed by atoms with Crippen LogP contribution in [0, 0.1) is 10.1 Å². The Morgan fingerprint density at radius 2 is 2.05 bits per heavy atom. The average Bonchev–Trinajstić information content (AvgIpc) is 2.53. The molecule has 2 atom stereocenters. The number of hydrogen-bond donors (Lipinski definition) is 0. The zero-order chi connectivity index (χ0) is 16.0. The third kappa shape index (κ3) is 2.25. The quantitative estimate of drug-likeness (QED) is 0.394. The van der Waals surface area contributed by atoms with Gasteiger partial charge in [0, 0.05) is 11.0 Å². The topological polar surface area (TPSA) is 77.3 Å². The van der Waals surface area contributed by atoms with Gasteiger partial charge in [0.15, 0.2) is 0 Å². The van der Waals surface area contributed by atoms with Crippen LogP contribution in [0.2, 0.25) is 0 Å². The van der Waals surface area contributed by atoms with E-state index in [0.717, 1.165) is 22.0 Å². The molecule has 1 aromatic heterocycles. The first-order valence-electron chi connectivity index (χ1n) is 6.64. The molecule has 2 unspecified atom stereocenters. The lowest BCUT2D eigenvalue weighted by molar-refractivity contribution is -0.476. The smallest absolute Gasteiger partial charge is 0.337 e. The van der Waals surface area contributed by atoms with E-state index in [1.54, 1.807) is 0 Å². The van der Waals surface area contributed by atoms with E-state index in [1.807, 2.05) is 0 Å². The van der Waals surface area contributed by atoms with Gasteiger partial charge in [-0.3, -0.25) is 0 Å². The van der Waals surface area contributed by atoms with Crippen molar-refractivity contribution in [1.29, 1.82) is 0 Å². The number of halogens is 2. The molecule has 0 bridgehead atoms. The molecular formula is C14H12Br2N2O4. The average molecular weight is 432 g/mol. The Kier molecular flexibility index (Phi) is 3.98. The van der Waals surface area contributed by atoms with Gasteiger partial charge >= 0.3 is 5.97 Å². The highest BCUT2D eigenvalue weighted by Gasteiger charge is 2.36. The minimum atomic E-state index is -0.550. The van der Waals surface area contributed by atoms with Gasteiger partial charge in [0.2, 0.25) is 0 Å². The molecule has 1 aliphatic carbocycles. The van der Waals surface area contributed by atoms with Crippen molar-refractivity contribution in [3.63, 3.8) is 0 Å². The fourth-order valence-corrected chi connectivity index (χ4v) is 4.08. The number of methoxy groups -OCH3 is 1. The van der Waals surface area contributed by atoms with Crippen molar-refractivity contribution in [1.82, 2.24) is 4.73 Å². The van der Waals surface area contributed by atoms with Gasteiger partial charge in [-0.05, 0) is 25.0 Å². The van der Waals surface area contributed by atoms with Crippen LogP contribution in [0.3, 0.4) is 0 Å². The molecule has 0 fully saturated rings. The summed E-state index contributed by atoms with van der Waals surface area (Å²) in [6, 6.07) is 4.34. The summed E-state index contributed by atoms with van der Waals surface area (Å²) in [5.74, 6) is -0.550. The zero-order valence-electron chi connectivity index (χ0n) is 11.6. The van der Waals surface area contributed by atoms with E-state index in [0.29, 0.717) is 11.4 Å². The van der Waals surface area contributed by atoms with E-state index in [2.05, 4.69) is 36.6 Å². The fourth-order valence-electron chi connectivity index (χ4n) is 2.71. The molecule has 8 heteroatoms. The van der Waals surface area contributed by atoms with Gasteiger partial charge in [-0.1, -0.05) is 31.9 Å². The lowest BCUT2D eigenvalue weighted by Crippen LogP contribution is -2.31. The number of alkyl halides is 2. The van der Waals surface area contributed by atoms with Crippen LogP contribution in [0.15, 0.2) is 18.2 Å². The van der Waals surface area contributed by atoms with Gasteiger partial charge in [-0.15, -0.1) is 0 Å². The predicted octanol–water partition coefficient (Wildman–Crippen LogP) is 3.35. The molecule has 2 aromatic rings. The summed E-state index contributed by atoms with van der Waals surface area (Å²) >= 11 is 6.93. The second-order valence-electron chi connectivity index (χ2n) is 5.07. The number of aromatic nitrogens is 2. The van der Waals surface area contributed by atoms with Gasteiger partial charge in [0.05, 0.1) is 21.9 Å². The molecule has 6 nitrogen and oxygen atoms in total. The van der Waals surface area contributed by atoms with E-state index >= 15 is 0 Å². The fraction of sp³-hybridized carbons (Fsp3) is 0.357. The molecule has 0 saturated carbocycles. The minimum Gasteiger partial charge on any atom is -0.805 e. The standard InChI is InChI=1S/C14H12Br2N2O4/c1-22-14(19)7-2-5-10-11(6-7)18(21)13-9(16)4-3-8(15)12(13)17(10)20/h2,5-6,8-9H,3-4H2,1H3. The largest absolute Gasteiger partial charge is 0.805 e. The van der Waals surface area contributed by atoms with Crippen molar-refractivity contribution < 1.29 is 14.0 Å². The molecule has 0 N–H and O–H groups in total. The van der Waals surface area contributed by atoms with Crippen molar-refractivity contribution in [3.8, 4) is 0 Å². The number of esters is 1. The highest BCUT2D eigenvalue weighted by molar-refractivity contribution is 9.09. The maximum Gasteiger partial charge on any atom is 0.337 e. The van der Waals surface area contributed by atoms with E-state index in [-0.39, 0.29) is 26.3 Å². The highest BCUT2D eigenvalue weighted by atomic mass is 79.9. The van der Waals surface area contributed by atoms with Gasteiger partial charge < -0.3 is 14.7 Å². The molecule has 0 amide bonds. The minimum absolute atomic E-state index is 0.155. The Morgan fingerprint density at radius 1 is 1.36 bits per heavy atom.